The molecule has 0 radical (unpaired) electrons. The van der Waals surface area contributed by atoms with E-state index in [-0.39, 0.29) is 52.9 Å². The van der Waals surface area contributed by atoms with Crippen molar-refractivity contribution in [3.63, 3.8) is 0 Å². The van der Waals surface area contributed by atoms with Gasteiger partial charge in [0, 0.05) is 171 Å². The van der Waals surface area contributed by atoms with Crippen molar-refractivity contribution in [1.82, 2.24) is 67.5 Å². The molecule has 0 N–H and O–H groups in total. The van der Waals surface area contributed by atoms with Gasteiger partial charge in [-0.1, -0.05) is 143 Å². The average Bonchev–Trinajstić information content (AvgIpc) is 1.68. The van der Waals surface area contributed by atoms with Crippen LogP contribution in [0.15, 0.2) is 383 Å². The first kappa shape index (κ1) is 94.5. The zero-order valence-corrected chi connectivity index (χ0v) is 81.1. The third-order valence-electron chi connectivity index (χ3n) is 25.8. The van der Waals surface area contributed by atoms with Gasteiger partial charge in [-0.25, -0.2) is 22.0 Å². The normalized spacial score (nSPS) is 11.9. The summed E-state index contributed by atoms with van der Waals surface area (Å²) in [5, 5.41) is 12.5. The molecule has 0 fully saturated rings. The summed E-state index contributed by atoms with van der Waals surface area (Å²) in [6, 6.07) is 83.6. The number of hydrogen-bond acceptors (Lipinski definition) is 13. The van der Waals surface area contributed by atoms with Crippen molar-refractivity contribution in [2.24, 2.45) is 7.05 Å². The van der Waals surface area contributed by atoms with Crippen molar-refractivity contribution in [2.75, 3.05) is 0 Å². The minimum atomic E-state index is -0.533. The number of aromatic nitrogens is 14. The number of allylic oxidation sites excluding steroid dienone is 2. The molecule has 29 heteroatoms. The number of rotatable bonds is 10. The smallest absolute Gasteiger partial charge is 0.255 e. The van der Waals surface area contributed by atoms with Gasteiger partial charge >= 0.3 is 0 Å². The summed E-state index contributed by atoms with van der Waals surface area (Å²) in [6.45, 7) is 1.99. The molecule has 2 aliphatic carbocycles. The maximum absolute atomic E-state index is 13.8. The number of halogens is 10. The minimum Gasteiger partial charge on any atom is -0.276 e. The van der Waals surface area contributed by atoms with Crippen molar-refractivity contribution < 1.29 is 22.0 Å². The van der Waals surface area contributed by atoms with Crippen LogP contribution in [0.25, 0.3) is 171 Å². The molecule has 0 saturated heterocycles. The summed E-state index contributed by atoms with van der Waals surface area (Å²) in [6.07, 6.45) is 24.9. The lowest BCUT2D eigenvalue weighted by molar-refractivity contribution is 0.627. The van der Waals surface area contributed by atoms with E-state index in [9.17, 15) is 45.9 Å². The van der Waals surface area contributed by atoms with Gasteiger partial charge in [-0.2, -0.15) is 5.10 Å². The molecule has 0 spiro atoms. The third kappa shape index (κ3) is 18.4. The van der Waals surface area contributed by atoms with Crippen LogP contribution in [-0.4, -0.2) is 67.5 Å². The lowest BCUT2D eigenvalue weighted by Crippen LogP contribution is -2.17. The Labute approximate surface area is 855 Å². The summed E-state index contributed by atoms with van der Waals surface area (Å²) >= 11 is 29.9. The van der Waals surface area contributed by atoms with Crippen molar-refractivity contribution >= 4 is 179 Å². The number of nitrogens with zero attached hydrogens (tertiary/aromatic N) is 14. The first-order valence-electron chi connectivity index (χ1n) is 46.1. The topological polar surface area (TPSA) is 218 Å². The molecular weight excluding hydrogens is 1970 g/mol. The lowest BCUT2D eigenvalue weighted by Gasteiger charge is -2.14. The van der Waals surface area contributed by atoms with Gasteiger partial charge in [0.25, 0.3) is 27.8 Å². The van der Waals surface area contributed by atoms with Crippen molar-refractivity contribution in [3.05, 3.63) is 510 Å². The molecule has 13 heterocycles. The molecule has 147 heavy (non-hydrogen) atoms. The monoisotopic (exact) mass is 2030 g/mol. The Hall–Kier alpha value is -17.4. The molecule has 24 aromatic rings. The quantitative estimate of drug-likeness (QED) is 0.0920. The zero-order chi connectivity index (χ0) is 101. The molecule has 13 aromatic heterocycles. The van der Waals surface area contributed by atoms with E-state index in [1.165, 1.54) is 118 Å². The zero-order valence-electron chi connectivity index (χ0n) is 77.3. The number of para-hydroxylation sites is 1. The second-order valence-electron chi connectivity index (χ2n) is 35.2. The van der Waals surface area contributed by atoms with E-state index >= 15 is 0 Å². The summed E-state index contributed by atoms with van der Waals surface area (Å²) in [7, 11) is 1.88. The Morgan fingerprint density at radius 2 is 0.694 bits per heavy atom. The van der Waals surface area contributed by atoms with Crippen LogP contribution in [0.1, 0.15) is 44.8 Å². The van der Waals surface area contributed by atoms with E-state index in [0.717, 1.165) is 161 Å². The summed E-state index contributed by atoms with van der Waals surface area (Å²) in [5.74, 6) is -2.64. The fourth-order valence-electron chi connectivity index (χ4n) is 18.9. The van der Waals surface area contributed by atoms with Gasteiger partial charge in [0.05, 0.1) is 120 Å². The Morgan fingerprint density at radius 3 is 1.11 bits per heavy atom. The molecule has 11 aromatic carbocycles. The molecule has 0 amide bonds. The summed E-state index contributed by atoms with van der Waals surface area (Å²) < 4.78 is 78.0. The number of pyridine rings is 12. The van der Waals surface area contributed by atoms with Gasteiger partial charge in [0.2, 0.25) is 0 Å². The van der Waals surface area contributed by atoms with Gasteiger partial charge in [0.1, 0.15) is 29.1 Å². The van der Waals surface area contributed by atoms with Gasteiger partial charge in [-0.15, -0.1) is 0 Å². The Kier molecular flexibility index (Phi) is 25.3. The standard InChI is InChI=1S/C27H16ClFN2O.C26H15ClFN3O.C24H15ClFN3O.C23H16ClFN4O.C18H10ClFN2O/c28-23-14-19(8-10-24(23)29)31-26(32)12-7-18-15-30-25-11-6-17(13-22(25)27(18)31)21-9-5-16-3-1-2-4-20(16)21;27-21-12-19(6-7-22(21)28)31-25(32)9-5-17-13-30-24-8-4-15(11-20(24)26(17)31)18-10-16-2-1-3-23(16)29-14-18;1-14-8-17(12-27-11-14)15-2-6-22-19(9-15)24-16(13-28-22)3-7-23(30)29(24)18-4-5-21(26)20(25)10-18;1-28-9-8-16(27-28)10-14-2-6-21-18(11-14)23-15(13-26-21)3-7-22(30)29(23)17-4-5-20(25)19(24)12-17;19-14-9-12(6-7-15(14)20)22-17(23)8-5-11-10-21-16-4-2-1-3-13(16)18(11)22/h1-4,6-15H,5H2;1-2,4-14H,3H2;2-13H,1H3;2-9,11-13H,10H2,1H3;1-10H. The van der Waals surface area contributed by atoms with Crippen molar-refractivity contribution in [1.29, 1.82) is 0 Å². The van der Waals surface area contributed by atoms with Crippen LogP contribution in [0.2, 0.25) is 25.1 Å². The average molecular weight is 2040 g/mol. The fourth-order valence-corrected chi connectivity index (χ4v) is 19.8. The second-order valence-corrected chi connectivity index (χ2v) is 37.2. The molecular formula is C118H72Cl5F5N14O5. The highest BCUT2D eigenvalue weighted by Crippen LogP contribution is 2.40. The van der Waals surface area contributed by atoms with Crippen LogP contribution in [0.3, 0.4) is 0 Å². The molecule has 19 nitrogen and oxygen atoms in total. The molecule has 26 rings (SSSR count). The van der Waals surface area contributed by atoms with Gasteiger partial charge in [-0.05, 0) is 258 Å². The maximum atomic E-state index is 13.8. The summed E-state index contributed by atoms with van der Waals surface area (Å²) in [5.41, 5.74) is 22.7. The first-order valence-corrected chi connectivity index (χ1v) is 48.0. The van der Waals surface area contributed by atoms with Crippen LogP contribution >= 0.6 is 58.0 Å². The van der Waals surface area contributed by atoms with Gasteiger partial charge < -0.3 is 0 Å². The predicted molar refractivity (Wildman–Crippen MR) is 576 cm³/mol. The highest BCUT2D eigenvalue weighted by atomic mass is 35.5. The van der Waals surface area contributed by atoms with E-state index in [1.54, 1.807) is 121 Å². The fraction of sp³-hybridized carbons (Fsp3) is 0.0424. The van der Waals surface area contributed by atoms with Gasteiger partial charge in [0.15, 0.2) is 0 Å². The van der Waals surface area contributed by atoms with Crippen molar-refractivity contribution in [2.45, 2.75) is 26.2 Å². The van der Waals surface area contributed by atoms with Crippen LogP contribution in [0, 0.1) is 36.0 Å². The Morgan fingerprint density at radius 1 is 0.320 bits per heavy atom. The Balaban J connectivity index is 0.000000105. The van der Waals surface area contributed by atoms with Crippen LogP contribution in [0.4, 0.5) is 22.0 Å². The van der Waals surface area contributed by atoms with E-state index in [1.807, 2.05) is 123 Å². The molecule has 0 unspecified atom stereocenters. The van der Waals surface area contributed by atoms with E-state index in [2.05, 4.69) is 101 Å². The molecule has 714 valence electrons. The van der Waals surface area contributed by atoms with Crippen LogP contribution in [0.5, 0.6) is 0 Å². The number of benzene rings is 11. The van der Waals surface area contributed by atoms with Crippen LogP contribution < -0.4 is 27.8 Å². The van der Waals surface area contributed by atoms with Gasteiger partial charge in [-0.3, -0.25) is 86.4 Å². The minimum absolute atomic E-state index is 0.0234. The molecule has 2 aliphatic rings. The summed E-state index contributed by atoms with van der Waals surface area (Å²) in [4.78, 5) is 95.6. The molecule has 0 atom stereocenters. The first-order chi connectivity index (χ1) is 71.3. The second kappa shape index (κ2) is 39.4. The van der Waals surface area contributed by atoms with E-state index in [4.69, 9.17) is 58.0 Å². The SMILES string of the molecule is Cc1cncc(-c2ccc3ncc4ccc(=O)n(-c5ccc(F)c(Cl)c5)c4c3c2)c1.Cn1ccc(Cc2ccc3ncc4ccc(=O)n(-c5ccc(F)c(Cl)c5)c4c3c2)n1.O=c1ccc2cnc3ccc(-c4cnc5c(c4)C=CC5)cc3c2n1-c1ccc(F)c(Cl)c1.O=c1ccc2cnc3ccc(C4=CCc5ccccc54)cc3c2n1-c1ccc(F)c(Cl)c1.O=c1ccc2cnc3ccccc3c2n1-c1ccc(F)c(Cl)c1. The maximum Gasteiger partial charge on any atom is 0.255 e. The van der Waals surface area contributed by atoms with E-state index < -0.39 is 29.1 Å². The number of fused-ring (bicyclic) bond motifs is 17. The Bertz CT molecular complexity index is 10000. The van der Waals surface area contributed by atoms with Crippen molar-refractivity contribution in [3.8, 4) is 50.7 Å². The lowest BCUT2D eigenvalue weighted by atomic mass is 9.97. The third-order valence-corrected chi connectivity index (χ3v) is 27.3. The molecule has 0 saturated carbocycles. The highest BCUT2D eigenvalue weighted by Gasteiger charge is 2.24. The largest absolute Gasteiger partial charge is 0.276 e. The predicted octanol–water partition coefficient (Wildman–Crippen LogP) is 27.0. The van der Waals surface area contributed by atoms with Crippen LogP contribution in [-0.2, 0) is 26.3 Å². The molecule has 0 bridgehead atoms. The number of hydrogen-bond donors (Lipinski definition) is 0. The number of aryl methyl sites for hydroxylation is 2. The highest BCUT2D eigenvalue weighted by molar-refractivity contribution is 6.32. The molecule has 0 aliphatic heterocycles. The van der Waals surface area contributed by atoms with E-state index in [0.29, 0.717) is 51.4 Å².